The van der Waals surface area contributed by atoms with Crippen molar-refractivity contribution in [3.8, 4) is 9.75 Å². The second-order valence-electron chi connectivity index (χ2n) is 2.92. The first-order chi connectivity index (χ1) is 6.66. The Kier molecular flexibility index (Phi) is 2.56. The molecule has 0 amide bonds. The Morgan fingerprint density at radius 3 is 1.79 bits per heavy atom. The summed E-state index contributed by atoms with van der Waals surface area (Å²) < 4.78 is 3.85. The maximum atomic E-state index is 3.54. The molecule has 3 rings (SSSR count). The Balaban J connectivity index is 2.37. The van der Waals surface area contributed by atoms with Crippen LogP contribution in [0.25, 0.3) is 9.75 Å². The van der Waals surface area contributed by atoms with E-state index >= 15 is 0 Å². The normalized spacial score (nSPS) is 13.1. The Hall–Kier alpha value is 1.02. The molecule has 1 aliphatic carbocycles. The van der Waals surface area contributed by atoms with Gasteiger partial charge in [-0.05, 0) is 0 Å². The molecule has 0 bridgehead atoms. The second kappa shape index (κ2) is 3.51. The van der Waals surface area contributed by atoms with E-state index in [1.54, 1.807) is 0 Å². The van der Waals surface area contributed by atoms with Gasteiger partial charge in [0.25, 0.3) is 0 Å². The van der Waals surface area contributed by atoms with E-state index in [2.05, 4.69) is 65.8 Å². The van der Waals surface area contributed by atoms with Crippen LogP contribution in [0, 0.1) is 0 Å². The zero-order valence-corrected chi connectivity index (χ0v) is 13.8. The van der Waals surface area contributed by atoms with E-state index in [9.17, 15) is 0 Å². The van der Waals surface area contributed by atoms with Gasteiger partial charge in [0.05, 0.1) is 0 Å². The molecule has 0 aromatic carbocycles. The summed E-state index contributed by atoms with van der Waals surface area (Å²) in [4.78, 5) is 2.84. The number of thiophene rings is 2. The van der Waals surface area contributed by atoms with E-state index in [-0.39, 0.29) is 0 Å². The number of fused-ring (bicyclic) bond motifs is 3. The molecule has 0 saturated heterocycles. The molecule has 2 aromatic heterocycles. The van der Waals surface area contributed by atoms with Crippen molar-refractivity contribution in [1.29, 1.82) is 0 Å². The number of hydrogen-bond donors (Lipinski definition) is 0. The van der Waals surface area contributed by atoms with E-state index in [1.165, 1.54) is 32.0 Å². The fourth-order valence-corrected chi connectivity index (χ4v) is 6.23. The molecule has 70 valence electrons. The molecule has 2 aromatic rings. The molecule has 14 heavy (non-hydrogen) atoms. The van der Waals surface area contributed by atoms with Gasteiger partial charge in [-0.15, -0.1) is 0 Å². The minimum absolute atomic E-state index is 1.22. The fraction of sp³-hybridized carbons (Fsp3) is 0. The minimum atomic E-state index is 1.22. The van der Waals surface area contributed by atoms with Gasteiger partial charge in [0.15, 0.2) is 0 Å². The summed E-state index contributed by atoms with van der Waals surface area (Å²) in [5.41, 5.74) is 2.81. The van der Waals surface area contributed by atoms with Crippen LogP contribution in [-0.4, -0.2) is 25.4 Å². The molecule has 0 fully saturated rings. The van der Waals surface area contributed by atoms with Crippen LogP contribution in [0.4, 0.5) is 0 Å². The summed E-state index contributed by atoms with van der Waals surface area (Å²) in [6.45, 7) is 0. The van der Waals surface area contributed by atoms with Crippen LogP contribution < -0.4 is 0 Å². The third-order valence-electron chi connectivity index (χ3n) is 2.10. The van der Waals surface area contributed by atoms with Crippen LogP contribution >= 0.6 is 54.5 Å². The molecular formula is C9H2Br2S2Te. The molecule has 0 unspecified atom stereocenters. The van der Waals surface area contributed by atoms with Gasteiger partial charge in [-0.25, -0.2) is 0 Å². The van der Waals surface area contributed by atoms with Gasteiger partial charge in [0.2, 0.25) is 0 Å². The van der Waals surface area contributed by atoms with E-state index in [1.807, 2.05) is 22.7 Å². The number of halogens is 2. The van der Waals surface area contributed by atoms with Crippen LogP contribution in [-0.2, 0) is 0 Å². The third kappa shape index (κ3) is 1.37. The van der Waals surface area contributed by atoms with Crippen molar-refractivity contribution >= 4 is 79.9 Å². The van der Waals surface area contributed by atoms with Gasteiger partial charge in [-0.3, -0.25) is 0 Å². The molecule has 0 nitrogen and oxygen atoms in total. The Morgan fingerprint density at radius 1 is 0.929 bits per heavy atom. The van der Waals surface area contributed by atoms with Crippen molar-refractivity contribution in [1.82, 2.24) is 0 Å². The standard InChI is InChI=1S/C9H2Br2S2Te/c10-5-1-3-7(12-5)8-4(9(3)14)2-6(11)13-8/h1-2H. The van der Waals surface area contributed by atoms with Gasteiger partial charge >= 0.3 is 120 Å². The summed E-state index contributed by atoms with van der Waals surface area (Å²) in [6, 6.07) is 4.44. The van der Waals surface area contributed by atoms with E-state index < -0.39 is 0 Å². The van der Waals surface area contributed by atoms with Crippen molar-refractivity contribution in [3.63, 3.8) is 0 Å². The fourth-order valence-electron chi connectivity index (χ4n) is 1.54. The number of hydrogen-bond acceptors (Lipinski definition) is 2. The first-order valence-electron chi connectivity index (χ1n) is 3.80. The second-order valence-corrected chi connectivity index (χ2v) is 8.94. The molecule has 1 aliphatic rings. The molecule has 0 N–H and O–H groups in total. The molecule has 0 radical (unpaired) electrons. The van der Waals surface area contributed by atoms with Crippen LogP contribution in [0.5, 0.6) is 0 Å². The number of rotatable bonds is 0. The summed E-state index contributed by atoms with van der Waals surface area (Å²) in [7, 11) is 0. The van der Waals surface area contributed by atoms with Gasteiger partial charge in [-0.2, -0.15) is 0 Å². The van der Waals surface area contributed by atoms with Gasteiger partial charge < -0.3 is 0 Å². The molecule has 5 heteroatoms. The molecule has 0 atom stereocenters. The Morgan fingerprint density at radius 2 is 1.36 bits per heavy atom. The monoisotopic (exact) mass is 462 g/mol. The van der Waals surface area contributed by atoms with Crippen molar-refractivity contribution in [3.05, 3.63) is 30.8 Å². The molecule has 0 saturated carbocycles. The maximum absolute atomic E-state index is 3.54. The van der Waals surface area contributed by atoms with Crippen molar-refractivity contribution in [2.75, 3.05) is 0 Å². The topological polar surface area (TPSA) is 0 Å². The summed E-state index contributed by atoms with van der Waals surface area (Å²) in [6.07, 6.45) is 0. The van der Waals surface area contributed by atoms with Crippen LogP contribution in [0.2, 0.25) is 0 Å². The molecule has 2 heterocycles. The van der Waals surface area contributed by atoms with Crippen molar-refractivity contribution in [2.24, 2.45) is 0 Å². The van der Waals surface area contributed by atoms with E-state index in [4.69, 9.17) is 0 Å². The average Bonchev–Trinajstić information content (AvgIpc) is 2.71. The van der Waals surface area contributed by atoms with Gasteiger partial charge in [0, 0.05) is 0 Å². The van der Waals surface area contributed by atoms with Crippen LogP contribution in [0.1, 0.15) is 11.1 Å². The van der Waals surface area contributed by atoms with Crippen molar-refractivity contribution in [2.45, 2.75) is 0 Å². The van der Waals surface area contributed by atoms with E-state index in [0.29, 0.717) is 0 Å². The van der Waals surface area contributed by atoms with Gasteiger partial charge in [-0.1, -0.05) is 0 Å². The molecule has 0 aliphatic heterocycles. The zero-order valence-electron chi connectivity index (χ0n) is 6.64. The third-order valence-corrected chi connectivity index (χ3v) is 6.80. The van der Waals surface area contributed by atoms with Crippen molar-refractivity contribution < 1.29 is 0 Å². The van der Waals surface area contributed by atoms with Crippen LogP contribution in [0.3, 0.4) is 0 Å². The Bertz CT molecular complexity index is 505. The van der Waals surface area contributed by atoms with Gasteiger partial charge in [0.1, 0.15) is 0 Å². The summed E-state index contributed by atoms with van der Waals surface area (Å²) in [5.74, 6) is 0. The van der Waals surface area contributed by atoms with Crippen LogP contribution in [0.15, 0.2) is 19.7 Å². The molecular weight excluding hydrogens is 460 g/mol. The predicted octanol–water partition coefficient (Wildman–Crippen LogP) is 4.05. The zero-order chi connectivity index (χ0) is 9.87. The first-order valence-corrected chi connectivity index (χ1v) is 8.19. The average molecular weight is 462 g/mol. The van der Waals surface area contributed by atoms with E-state index in [0.717, 1.165) is 0 Å². The SMILES string of the molecule is Brc1cc2c(s1)-c1sc(Br)cc1C2=[Te]. The summed E-state index contributed by atoms with van der Waals surface area (Å²) in [5, 5.41) is 0. The quantitative estimate of drug-likeness (QED) is 0.443. The first kappa shape index (κ1) is 10.2. The molecule has 0 spiro atoms. The Labute approximate surface area is 119 Å². The summed E-state index contributed by atoms with van der Waals surface area (Å²) >= 11 is 12.9. The predicted molar refractivity (Wildman–Crippen MR) is 72.0 cm³/mol.